The van der Waals surface area contributed by atoms with E-state index in [1.165, 1.54) is 0 Å². The number of nitrogens with one attached hydrogen (secondary N) is 1. The Bertz CT molecular complexity index is 408. The summed E-state index contributed by atoms with van der Waals surface area (Å²) in [7, 11) is 3.99. The Kier molecular flexibility index (Phi) is 4.01. The highest BCUT2D eigenvalue weighted by molar-refractivity contribution is 5.50. The number of nitrogens with zero attached hydrogens (tertiary/aromatic N) is 3. The minimum atomic E-state index is 0.243. The minimum Gasteiger partial charge on any atom is -0.473 e. The first kappa shape index (κ1) is 13.1. The molecular formula is C13H22N4O. The molecule has 2 heterocycles. The van der Waals surface area contributed by atoms with Gasteiger partial charge in [-0.1, -0.05) is 13.8 Å². The van der Waals surface area contributed by atoms with Crippen LogP contribution in [-0.4, -0.2) is 48.2 Å². The van der Waals surface area contributed by atoms with Gasteiger partial charge in [-0.25, -0.2) is 9.97 Å². The van der Waals surface area contributed by atoms with Gasteiger partial charge in [-0.3, -0.25) is 0 Å². The standard InChI is InChI=1S/C13H22N4O/c1-9(2)11-12(14-3)15-8-16-13(11)18-10-5-6-17(4)7-10/h8-10H,5-7H2,1-4H3,(H,14,15,16). The number of hydrogen-bond donors (Lipinski definition) is 1. The topological polar surface area (TPSA) is 50.3 Å². The molecule has 1 saturated heterocycles. The van der Waals surface area contributed by atoms with Crippen molar-refractivity contribution in [1.82, 2.24) is 14.9 Å². The second-order valence-electron chi connectivity index (χ2n) is 5.14. The number of aromatic nitrogens is 2. The van der Waals surface area contributed by atoms with Crippen LogP contribution in [0.15, 0.2) is 6.33 Å². The molecule has 1 aromatic heterocycles. The molecule has 100 valence electrons. The molecule has 0 aromatic carbocycles. The quantitative estimate of drug-likeness (QED) is 0.882. The highest BCUT2D eigenvalue weighted by Crippen LogP contribution is 2.31. The first-order chi connectivity index (χ1) is 8.61. The minimum absolute atomic E-state index is 0.243. The van der Waals surface area contributed by atoms with Gasteiger partial charge in [0.05, 0.1) is 5.56 Å². The van der Waals surface area contributed by atoms with Gasteiger partial charge in [-0.2, -0.15) is 0 Å². The summed E-state index contributed by atoms with van der Waals surface area (Å²) in [5, 5.41) is 3.11. The van der Waals surface area contributed by atoms with E-state index in [9.17, 15) is 0 Å². The van der Waals surface area contributed by atoms with Crippen LogP contribution >= 0.6 is 0 Å². The molecule has 1 atom stereocenters. The van der Waals surface area contributed by atoms with Crippen molar-refractivity contribution >= 4 is 5.82 Å². The van der Waals surface area contributed by atoms with E-state index in [-0.39, 0.29) is 6.10 Å². The lowest BCUT2D eigenvalue weighted by molar-refractivity contribution is 0.197. The number of likely N-dealkylation sites (N-methyl/N-ethyl adjacent to an activating group) is 1. The highest BCUT2D eigenvalue weighted by Gasteiger charge is 2.24. The lowest BCUT2D eigenvalue weighted by Crippen LogP contribution is -2.22. The van der Waals surface area contributed by atoms with E-state index in [1.807, 2.05) is 7.05 Å². The fraction of sp³-hybridized carbons (Fsp3) is 0.692. The zero-order valence-electron chi connectivity index (χ0n) is 11.6. The van der Waals surface area contributed by atoms with Crippen LogP contribution in [0.2, 0.25) is 0 Å². The molecule has 5 nitrogen and oxygen atoms in total. The Morgan fingerprint density at radius 1 is 1.44 bits per heavy atom. The predicted octanol–water partition coefficient (Wildman–Crippen LogP) is 1.72. The lowest BCUT2D eigenvalue weighted by atomic mass is 10.1. The summed E-state index contributed by atoms with van der Waals surface area (Å²) in [6.07, 6.45) is 2.87. The molecule has 1 unspecified atom stereocenters. The summed E-state index contributed by atoms with van der Waals surface area (Å²) < 4.78 is 6.05. The van der Waals surface area contributed by atoms with Gasteiger partial charge < -0.3 is 15.0 Å². The summed E-state index contributed by atoms with van der Waals surface area (Å²) in [5.74, 6) is 1.92. The van der Waals surface area contributed by atoms with Crippen molar-refractivity contribution in [3.8, 4) is 5.88 Å². The van der Waals surface area contributed by atoms with E-state index in [4.69, 9.17) is 4.74 Å². The van der Waals surface area contributed by atoms with Crippen LogP contribution in [0, 0.1) is 0 Å². The molecule has 0 aliphatic carbocycles. The molecule has 0 spiro atoms. The van der Waals surface area contributed by atoms with E-state index in [0.29, 0.717) is 5.92 Å². The highest BCUT2D eigenvalue weighted by atomic mass is 16.5. The predicted molar refractivity (Wildman–Crippen MR) is 72.2 cm³/mol. The molecular weight excluding hydrogens is 228 g/mol. The maximum absolute atomic E-state index is 6.05. The number of likely N-dealkylation sites (tertiary alicyclic amines) is 1. The molecule has 1 aromatic rings. The molecule has 0 bridgehead atoms. The second kappa shape index (κ2) is 5.52. The molecule has 18 heavy (non-hydrogen) atoms. The summed E-state index contributed by atoms with van der Waals surface area (Å²) >= 11 is 0. The maximum atomic E-state index is 6.05. The average Bonchev–Trinajstić information content (AvgIpc) is 2.74. The van der Waals surface area contributed by atoms with Gasteiger partial charge in [0.15, 0.2) is 0 Å². The van der Waals surface area contributed by atoms with Crippen LogP contribution in [0.5, 0.6) is 5.88 Å². The zero-order chi connectivity index (χ0) is 13.1. The van der Waals surface area contributed by atoms with Gasteiger partial charge in [0, 0.05) is 20.1 Å². The Hall–Kier alpha value is -1.36. The SMILES string of the molecule is CNc1ncnc(OC2CCN(C)C2)c1C(C)C. The van der Waals surface area contributed by atoms with Crippen molar-refractivity contribution in [3.63, 3.8) is 0 Å². The second-order valence-corrected chi connectivity index (χ2v) is 5.14. The molecule has 5 heteroatoms. The van der Waals surface area contributed by atoms with E-state index < -0.39 is 0 Å². The van der Waals surface area contributed by atoms with E-state index >= 15 is 0 Å². The molecule has 2 rings (SSSR count). The first-order valence-corrected chi connectivity index (χ1v) is 6.49. The smallest absolute Gasteiger partial charge is 0.222 e. The van der Waals surface area contributed by atoms with Gasteiger partial charge in [-0.05, 0) is 19.4 Å². The van der Waals surface area contributed by atoms with Crippen LogP contribution in [-0.2, 0) is 0 Å². The first-order valence-electron chi connectivity index (χ1n) is 6.49. The number of ether oxygens (including phenoxy) is 1. The molecule has 1 N–H and O–H groups in total. The molecule has 1 aliphatic heterocycles. The number of rotatable bonds is 4. The van der Waals surface area contributed by atoms with Crippen LogP contribution in [0.25, 0.3) is 0 Å². The van der Waals surface area contributed by atoms with Crippen LogP contribution in [0.1, 0.15) is 31.7 Å². The van der Waals surface area contributed by atoms with E-state index in [0.717, 1.165) is 36.8 Å². The van der Waals surface area contributed by atoms with Crippen LogP contribution in [0.3, 0.4) is 0 Å². The third kappa shape index (κ3) is 2.72. The monoisotopic (exact) mass is 250 g/mol. The van der Waals surface area contributed by atoms with Crippen molar-refractivity contribution in [2.75, 3.05) is 32.5 Å². The largest absolute Gasteiger partial charge is 0.473 e. The summed E-state index contributed by atoms with van der Waals surface area (Å²) in [6, 6.07) is 0. The van der Waals surface area contributed by atoms with Gasteiger partial charge in [0.1, 0.15) is 18.2 Å². The van der Waals surface area contributed by atoms with Gasteiger partial charge in [0.2, 0.25) is 5.88 Å². The fourth-order valence-electron chi connectivity index (χ4n) is 2.34. The number of hydrogen-bond acceptors (Lipinski definition) is 5. The Balaban J connectivity index is 2.21. The summed E-state index contributed by atoms with van der Waals surface area (Å²) in [5.41, 5.74) is 1.06. The molecule has 0 amide bonds. The van der Waals surface area contributed by atoms with Crippen molar-refractivity contribution in [1.29, 1.82) is 0 Å². The fourth-order valence-corrected chi connectivity index (χ4v) is 2.34. The summed E-state index contributed by atoms with van der Waals surface area (Å²) in [4.78, 5) is 10.8. The van der Waals surface area contributed by atoms with Gasteiger partial charge in [-0.15, -0.1) is 0 Å². The third-order valence-electron chi connectivity index (χ3n) is 3.29. The average molecular weight is 250 g/mol. The lowest BCUT2D eigenvalue weighted by Gasteiger charge is -2.19. The zero-order valence-corrected chi connectivity index (χ0v) is 11.6. The van der Waals surface area contributed by atoms with Crippen LogP contribution in [0.4, 0.5) is 5.82 Å². The Morgan fingerprint density at radius 3 is 2.78 bits per heavy atom. The molecule has 0 saturated carbocycles. The van der Waals surface area contributed by atoms with Gasteiger partial charge in [0.25, 0.3) is 0 Å². The molecule has 1 fully saturated rings. The van der Waals surface area contributed by atoms with Crippen LogP contribution < -0.4 is 10.1 Å². The molecule has 1 aliphatic rings. The van der Waals surface area contributed by atoms with E-state index in [2.05, 4.69) is 41.1 Å². The number of anilines is 1. The van der Waals surface area contributed by atoms with Crippen molar-refractivity contribution in [2.24, 2.45) is 0 Å². The van der Waals surface area contributed by atoms with E-state index in [1.54, 1.807) is 6.33 Å². The van der Waals surface area contributed by atoms with Crippen molar-refractivity contribution < 1.29 is 4.74 Å². The Labute approximate surface area is 109 Å². The third-order valence-corrected chi connectivity index (χ3v) is 3.29. The normalized spacial score (nSPS) is 20.4. The maximum Gasteiger partial charge on any atom is 0.222 e. The molecule has 0 radical (unpaired) electrons. The summed E-state index contributed by atoms with van der Waals surface area (Å²) in [6.45, 7) is 6.32. The van der Waals surface area contributed by atoms with Crippen molar-refractivity contribution in [2.45, 2.75) is 32.3 Å². The Morgan fingerprint density at radius 2 is 2.22 bits per heavy atom. The van der Waals surface area contributed by atoms with Crippen molar-refractivity contribution in [3.05, 3.63) is 11.9 Å². The van der Waals surface area contributed by atoms with Gasteiger partial charge >= 0.3 is 0 Å².